The van der Waals surface area contributed by atoms with E-state index in [1.165, 1.54) is 0 Å². The third kappa shape index (κ3) is 2.80. The van der Waals surface area contributed by atoms with Gasteiger partial charge in [-0.3, -0.25) is 0 Å². The van der Waals surface area contributed by atoms with E-state index in [-0.39, 0.29) is 12.2 Å². The molecular weight excluding hydrogens is 140 g/mol. The summed E-state index contributed by atoms with van der Waals surface area (Å²) in [6.45, 7) is 5.03. The Morgan fingerprint density at radius 2 is 2.18 bits per heavy atom. The van der Waals surface area contributed by atoms with Gasteiger partial charge in [-0.05, 0) is 25.2 Å². The van der Waals surface area contributed by atoms with Gasteiger partial charge >= 0.3 is 0 Å². The molecule has 0 amide bonds. The normalized spacial score (nSPS) is 31.6. The average Bonchev–Trinajstić information content (AvgIpc) is 2.31. The number of aliphatic hydroxyl groups excluding tert-OH is 1. The standard InChI is InChI=1S/C9H18O2/c1-7(2)6-11-9-5-3-4-8(9)10/h7-10H,3-6H2,1-2H3/t8-,9?/m0/s1. The van der Waals surface area contributed by atoms with Gasteiger partial charge < -0.3 is 9.84 Å². The Morgan fingerprint density at radius 1 is 1.45 bits per heavy atom. The molecule has 0 aromatic carbocycles. The van der Waals surface area contributed by atoms with Crippen LogP contribution in [0.3, 0.4) is 0 Å². The van der Waals surface area contributed by atoms with Crippen molar-refractivity contribution in [3.8, 4) is 0 Å². The lowest BCUT2D eigenvalue weighted by molar-refractivity contribution is -0.0282. The minimum absolute atomic E-state index is 0.123. The van der Waals surface area contributed by atoms with E-state index < -0.39 is 0 Å². The molecule has 66 valence electrons. The summed E-state index contributed by atoms with van der Waals surface area (Å²) >= 11 is 0. The summed E-state index contributed by atoms with van der Waals surface area (Å²) in [4.78, 5) is 0. The Hall–Kier alpha value is -0.0800. The van der Waals surface area contributed by atoms with Gasteiger partial charge in [-0.2, -0.15) is 0 Å². The van der Waals surface area contributed by atoms with Crippen LogP contribution in [0.15, 0.2) is 0 Å². The second-order valence-corrected chi connectivity index (χ2v) is 3.76. The van der Waals surface area contributed by atoms with Crippen LogP contribution in [0, 0.1) is 5.92 Å². The second-order valence-electron chi connectivity index (χ2n) is 3.76. The van der Waals surface area contributed by atoms with Crippen molar-refractivity contribution in [3.05, 3.63) is 0 Å². The molecule has 0 aliphatic heterocycles. The maximum absolute atomic E-state index is 9.38. The van der Waals surface area contributed by atoms with Crippen LogP contribution in [-0.4, -0.2) is 23.9 Å². The fourth-order valence-corrected chi connectivity index (χ4v) is 1.42. The second kappa shape index (κ2) is 4.07. The van der Waals surface area contributed by atoms with Gasteiger partial charge in [0, 0.05) is 6.61 Å². The van der Waals surface area contributed by atoms with Gasteiger partial charge in [0.25, 0.3) is 0 Å². The highest BCUT2D eigenvalue weighted by molar-refractivity contribution is 4.76. The van der Waals surface area contributed by atoms with Crippen LogP contribution in [0.1, 0.15) is 33.1 Å². The SMILES string of the molecule is CC(C)COC1CCC[C@@H]1O. The minimum Gasteiger partial charge on any atom is -0.390 e. The quantitative estimate of drug-likeness (QED) is 0.675. The summed E-state index contributed by atoms with van der Waals surface area (Å²) in [5.74, 6) is 0.572. The first-order chi connectivity index (χ1) is 5.20. The zero-order valence-corrected chi connectivity index (χ0v) is 7.42. The number of rotatable bonds is 3. The molecule has 1 fully saturated rings. The van der Waals surface area contributed by atoms with Gasteiger partial charge in [-0.15, -0.1) is 0 Å². The molecule has 1 unspecified atom stereocenters. The summed E-state index contributed by atoms with van der Waals surface area (Å²) in [6.07, 6.45) is 2.99. The van der Waals surface area contributed by atoms with Crippen molar-refractivity contribution in [2.45, 2.75) is 45.3 Å². The van der Waals surface area contributed by atoms with E-state index in [2.05, 4.69) is 13.8 Å². The van der Waals surface area contributed by atoms with Crippen molar-refractivity contribution in [1.82, 2.24) is 0 Å². The van der Waals surface area contributed by atoms with Crippen LogP contribution in [0.5, 0.6) is 0 Å². The topological polar surface area (TPSA) is 29.5 Å². The van der Waals surface area contributed by atoms with Crippen LogP contribution >= 0.6 is 0 Å². The van der Waals surface area contributed by atoms with Crippen molar-refractivity contribution in [1.29, 1.82) is 0 Å². The average molecular weight is 158 g/mol. The van der Waals surface area contributed by atoms with E-state index in [4.69, 9.17) is 4.74 Å². The summed E-state index contributed by atoms with van der Waals surface area (Å²) in [5, 5.41) is 9.38. The molecule has 0 saturated heterocycles. The Balaban J connectivity index is 2.15. The molecule has 0 spiro atoms. The fraction of sp³-hybridized carbons (Fsp3) is 1.00. The largest absolute Gasteiger partial charge is 0.390 e. The fourth-order valence-electron chi connectivity index (χ4n) is 1.42. The number of hydrogen-bond acceptors (Lipinski definition) is 2. The van der Waals surface area contributed by atoms with E-state index in [9.17, 15) is 5.11 Å². The van der Waals surface area contributed by atoms with Crippen LogP contribution in [0.4, 0.5) is 0 Å². The predicted octanol–water partition coefficient (Wildman–Crippen LogP) is 1.57. The number of ether oxygens (including phenoxy) is 1. The lowest BCUT2D eigenvalue weighted by Gasteiger charge is -2.16. The highest BCUT2D eigenvalue weighted by Crippen LogP contribution is 2.22. The predicted molar refractivity (Wildman–Crippen MR) is 44.4 cm³/mol. The van der Waals surface area contributed by atoms with E-state index in [1.807, 2.05) is 0 Å². The van der Waals surface area contributed by atoms with Crippen LogP contribution in [0.2, 0.25) is 0 Å². The number of hydrogen-bond donors (Lipinski definition) is 1. The highest BCUT2D eigenvalue weighted by Gasteiger charge is 2.25. The van der Waals surface area contributed by atoms with Crippen molar-refractivity contribution in [2.24, 2.45) is 5.92 Å². The number of aliphatic hydroxyl groups is 1. The maximum atomic E-state index is 9.38. The molecule has 0 aromatic rings. The van der Waals surface area contributed by atoms with E-state index in [0.717, 1.165) is 25.9 Å². The van der Waals surface area contributed by atoms with Gasteiger partial charge in [0.15, 0.2) is 0 Å². The summed E-state index contributed by atoms with van der Waals surface area (Å²) in [6, 6.07) is 0. The molecule has 0 bridgehead atoms. The van der Waals surface area contributed by atoms with E-state index >= 15 is 0 Å². The first-order valence-electron chi connectivity index (χ1n) is 4.50. The lowest BCUT2D eigenvalue weighted by atomic mass is 10.2. The molecule has 1 aliphatic carbocycles. The molecule has 0 radical (unpaired) electrons. The Kier molecular flexibility index (Phi) is 3.34. The van der Waals surface area contributed by atoms with Crippen LogP contribution in [-0.2, 0) is 4.74 Å². The third-order valence-corrected chi connectivity index (χ3v) is 2.06. The van der Waals surface area contributed by atoms with Crippen molar-refractivity contribution >= 4 is 0 Å². The zero-order chi connectivity index (χ0) is 8.27. The minimum atomic E-state index is -0.200. The molecule has 11 heavy (non-hydrogen) atoms. The van der Waals surface area contributed by atoms with Crippen LogP contribution < -0.4 is 0 Å². The Bertz CT molecular complexity index is 112. The molecule has 2 heteroatoms. The molecule has 1 N–H and O–H groups in total. The van der Waals surface area contributed by atoms with Crippen molar-refractivity contribution in [2.75, 3.05) is 6.61 Å². The smallest absolute Gasteiger partial charge is 0.0834 e. The van der Waals surface area contributed by atoms with Gasteiger partial charge in [-0.1, -0.05) is 13.8 Å². The maximum Gasteiger partial charge on any atom is 0.0834 e. The van der Waals surface area contributed by atoms with Gasteiger partial charge in [0.05, 0.1) is 12.2 Å². The molecular formula is C9H18O2. The van der Waals surface area contributed by atoms with Gasteiger partial charge in [0.2, 0.25) is 0 Å². The summed E-state index contributed by atoms with van der Waals surface area (Å²) in [7, 11) is 0. The highest BCUT2D eigenvalue weighted by atomic mass is 16.5. The monoisotopic (exact) mass is 158 g/mol. The summed E-state index contributed by atoms with van der Waals surface area (Å²) in [5.41, 5.74) is 0. The Labute approximate surface area is 68.6 Å². The lowest BCUT2D eigenvalue weighted by Crippen LogP contribution is -2.24. The van der Waals surface area contributed by atoms with E-state index in [0.29, 0.717) is 5.92 Å². The first kappa shape index (κ1) is 9.01. The molecule has 1 aliphatic rings. The molecule has 2 atom stereocenters. The van der Waals surface area contributed by atoms with Crippen molar-refractivity contribution in [3.63, 3.8) is 0 Å². The van der Waals surface area contributed by atoms with Gasteiger partial charge in [0.1, 0.15) is 0 Å². The van der Waals surface area contributed by atoms with Crippen molar-refractivity contribution < 1.29 is 9.84 Å². The van der Waals surface area contributed by atoms with Crippen LogP contribution in [0.25, 0.3) is 0 Å². The molecule has 0 heterocycles. The first-order valence-corrected chi connectivity index (χ1v) is 4.50. The molecule has 1 saturated carbocycles. The Morgan fingerprint density at radius 3 is 2.64 bits per heavy atom. The zero-order valence-electron chi connectivity index (χ0n) is 7.42. The van der Waals surface area contributed by atoms with E-state index in [1.54, 1.807) is 0 Å². The van der Waals surface area contributed by atoms with Gasteiger partial charge in [-0.25, -0.2) is 0 Å². The third-order valence-electron chi connectivity index (χ3n) is 2.06. The molecule has 0 aromatic heterocycles. The summed E-state index contributed by atoms with van der Waals surface area (Å²) < 4.78 is 5.53. The molecule has 2 nitrogen and oxygen atoms in total. The molecule has 1 rings (SSSR count).